The number of carbonyl (C=O) groups excluding carboxylic acids is 2. The van der Waals surface area contributed by atoms with Crippen molar-refractivity contribution in [1.82, 2.24) is 0 Å². The van der Waals surface area contributed by atoms with Crippen LogP contribution < -0.4 is 16.0 Å². The minimum Gasteiger partial charge on any atom is -0.366 e. The van der Waals surface area contributed by atoms with E-state index < -0.39 is 29.6 Å². The number of alkyl halides is 3. The first kappa shape index (κ1) is 28.5. The van der Waals surface area contributed by atoms with Gasteiger partial charge in [-0.05, 0) is 72.4 Å². The van der Waals surface area contributed by atoms with Crippen molar-refractivity contribution < 1.29 is 22.8 Å². The highest BCUT2D eigenvalue weighted by Gasteiger charge is 2.30. The normalized spacial score (nSPS) is 14.4. The van der Waals surface area contributed by atoms with Crippen LogP contribution in [0.15, 0.2) is 82.9 Å². The molecule has 1 saturated carbocycles. The monoisotopic (exact) mass is 550 g/mol. The molecule has 8 nitrogen and oxygen atoms in total. The lowest BCUT2D eigenvalue weighted by Gasteiger charge is -2.26. The molecule has 0 spiro atoms. The highest BCUT2D eigenvalue weighted by atomic mass is 19.4. The quantitative estimate of drug-likeness (QED) is 0.167. The van der Waals surface area contributed by atoms with Gasteiger partial charge in [-0.3, -0.25) is 9.69 Å². The number of amides is 3. The van der Waals surface area contributed by atoms with Crippen molar-refractivity contribution in [2.75, 3.05) is 10.2 Å². The Morgan fingerprint density at radius 1 is 0.975 bits per heavy atom. The maximum Gasteiger partial charge on any atom is 0.416 e. The largest absolute Gasteiger partial charge is 0.416 e. The molecule has 1 aliphatic carbocycles. The average molecular weight is 551 g/mol. The summed E-state index contributed by atoms with van der Waals surface area (Å²) in [5.74, 6) is -0.666. The number of benzene rings is 3. The second-order valence-corrected chi connectivity index (χ2v) is 9.61. The van der Waals surface area contributed by atoms with Crippen molar-refractivity contribution in [2.24, 2.45) is 15.8 Å². The van der Waals surface area contributed by atoms with Crippen LogP contribution in [0.25, 0.3) is 0 Å². The minimum atomic E-state index is -4.54. The molecule has 40 heavy (non-hydrogen) atoms. The number of aliphatic imine (C=N–C) groups is 1. The molecule has 0 unspecified atom stereocenters. The zero-order valence-corrected chi connectivity index (χ0v) is 21.6. The van der Waals surface area contributed by atoms with Gasteiger partial charge in [-0.2, -0.15) is 18.2 Å². The van der Waals surface area contributed by atoms with Crippen LogP contribution in [-0.2, 0) is 12.7 Å². The van der Waals surface area contributed by atoms with E-state index in [0.717, 1.165) is 25.0 Å². The third kappa shape index (κ3) is 7.31. The molecule has 1 fully saturated rings. The van der Waals surface area contributed by atoms with Crippen molar-refractivity contribution in [3.63, 3.8) is 0 Å². The first-order valence-electron chi connectivity index (χ1n) is 12.8. The molecule has 208 valence electrons. The van der Waals surface area contributed by atoms with E-state index in [1.54, 1.807) is 12.1 Å². The smallest absolute Gasteiger partial charge is 0.366 e. The van der Waals surface area contributed by atoms with Gasteiger partial charge in [-0.1, -0.05) is 49.6 Å². The van der Waals surface area contributed by atoms with E-state index in [1.165, 1.54) is 54.0 Å². The second kappa shape index (κ2) is 12.5. The summed E-state index contributed by atoms with van der Waals surface area (Å²) in [4.78, 5) is 30.5. The van der Waals surface area contributed by atoms with Gasteiger partial charge in [-0.15, -0.1) is 5.11 Å². The Labute approximate surface area is 229 Å². The highest BCUT2D eigenvalue weighted by Crippen LogP contribution is 2.34. The van der Waals surface area contributed by atoms with Crippen molar-refractivity contribution in [3.05, 3.63) is 95.1 Å². The Hall–Kier alpha value is -4.54. The number of guanidine groups is 1. The van der Waals surface area contributed by atoms with Crippen LogP contribution in [0.4, 0.5) is 29.3 Å². The average Bonchev–Trinajstić information content (AvgIpc) is 2.96. The van der Waals surface area contributed by atoms with Gasteiger partial charge >= 0.3 is 12.2 Å². The molecule has 11 heteroatoms. The topological polar surface area (TPSA) is 124 Å². The van der Waals surface area contributed by atoms with Crippen molar-refractivity contribution in [1.29, 1.82) is 5.53 Å². The zero-order valence-electron chi connectivity index (χ0n) is 21.6. The predicted octanol–water partition coefficient (Wildman–Crippen LogP) is 7.48. The maximum absolute atomic E-state index is 13.4. The third-order valence-electron chi connectivity index (χ3n) is 6.84. The van der Waals surface area contributed by atoms with Gasteiger partial charge < -0.3 is 11.1 Å². The van der Waals surface area contributed by atoms with E-state index >= 15 is 0 Å². The molecular formula is C29H29F3N6O2. The van der Waals surface area contributed by atoms with Crippen LogP contribution in [0.3, 0.4) is 0 Å². The van der Waals surface area contributed by atoms with Gasteiger partial charge in [0, 0.05) is 16.9 Å². The van der Waals surface area contributed by atoms with Crippen molar-refractivity contribution in [3.8, 4) is 0 Å². The van der Waals surface area contributed by atoms with E-state index in [-0.39, 0.29) is 17.8 Å². The molecule has 0 bridgehead atoms. The summed E-state index contributed by atoms with van der Waals surface area (Å²) in [7, 11) is 0. The molecule has 0 heterocycles. The Balaban J connectivity index is 1.59. The Morgan fingerprint density at radius 2 is 1.65 bits per heavy atom. The molecule has 1 aliphatic rings. The number of nitrogens with zero attached hydrogens (tertiary/aromatic N) is 3. The lowest BCUT2D eigenvalue weighted by Crippen LogP contribution is -2.34. The number of rotatable bonds is 6. The summed E-state index contributed by atoms with van der Waals surface area (Å²) in [5.41, 5.74) is 13.9. The van der Waals surface area contributed by atoms with Gasteiger partial charge in [0.2, 0.25) is 5.96 Å². The third-order valence-corrected chi connectivity index (χ3v) is 6.84. The summed E-state index contributed by atoms with van der Waals surface area (Å²) in [6.45, 7) is 0.0789. The highest BCUT2D eigenvalue weighted by molar-refractivity contribution is 6.03. The van der Waals surface area contributed by atoms with Crippen LogP contribution in [0.2, 0.25) is 0 Å². The van der Waals surface area contributed by atoms with Crippen LogP contribution in [-0.4, -0.2) is 17.9 Å². The van der Waals surface area contributed by atoms with Crippen molar-refractivity contribution >= 4 is 29.3 Å². The van der Waals surface area contributed by atoms with Crippen LogP contribution >= 0.6 is 0 Å². The Morgan fingerprint density at radius 3 is 2.27 bits per heavy atom. The molecule has 3 aromatic carbocycles. The van der Waals surface area contributed by atoms with E-state index in [2.05, 4.69) is 15.4 Å². The van der Waals surface area contributed by atoms with Gasteiger partial charge in [0.25, 0.3) is 5.91 Å². The number of urea groups is 1. The second-order valence-electron chi connectivity index (χ2n) is 9.61. The van der Waals surface area contributed by atoms with E-state index in [9.17, 15) is 22.8 Å². The van der Waals surface area contributed by atoms with Crippen LogP contribution in [0, 0.1) is 5.53 Å². The predicted molar refractivity (Wildman–Crippen MR) is 146 cm³/mol. The van der Waals surface area contributed by atoms with Crippen molar-refractivity contribution in [2.45, 2.75) is 50.7 Å². The molecule has 0 atom stereocenters. The summed E-state index contributed by atoms with van der Waals surface area (Å²) in [5, 5.41) is 5.48. The maximum atomic E-state index is 13.4. The SMILES string of the molecule is N=NC(N)=NC(=O)c1ccc(CN(C(=O)Nc2cccc(C(F)(F)F)c2)c2ccc(C3CCCCC3)cc2)cc1. The number of anilines is 2. The molecule has 0 aromatic heterocycles. The van der Waals surface area contributed by atoms with Crippen LogP contribution in [0.1, 0.15) is 65.1 Å². The number of nitrogens with two attached hydrogens (primary N) is 1. The number of carbonyl (C=O) groups is 2. The molecule has 0 aliphatic heterocycles. The molecule has 3 amide bonds. The molecule has 0 radical (unpaired) electrons. The van der Waals surface area contributed by atoms with E-state index in [0.29, 0.717) is 17.2 Å². The fourth-order valence-corrected chi connectivity index (χ4v) is 4.74. The van der Waals surface area contributed by atoms with Crippen LogP contribution in [0.5, 0.6) is 0 Å². The van der Waals surface area contributed by atoms with Gasteiger partial charge in [-0.25, -0.2) is 10.3 Å². The molecule has 4 rings (SSSR count). The van der Waals surface area contributed by atoms with Gasteiger partial charge in [0.15, 0.2) is 0 Å². The first-order chi connectivity index (χ1) is 19.1. The molecule has 4 N–H and O–H groups in total. The lowest BCUT2D eigenvalue weighted by atomic mass is 9.84. The molecule has 0 saturated heterocycles. The Kier molecular flexibility index (Phi) is 8.93. The minimum absolute atomic E-state index is 0.0138. The fourth-order valence-electron chi connectivity index (χ4n) is 4.74. The zero-order chi connectivity index (χ0) is 28.7. The lowest BCUT2D eigenvalue weighted by molar-refractivity contribution is -0.137. The number of nitrogens with one attached hydrogen (secondary N) is 2. The summed E-state index contributed by atoms with van der Waals surface area (Å²) in [6, 6.07) is 17.8. The van der Waals surface area contributed by atoms with Gasteiger partial charge in [0.05, 0.1) is 12.1 Å². The first-order valence-corrected chi connectivity index (χ1v) is 12.8. The van der Waals surface area contributed by atoms with E-state index in [4.69, 9.17) is 11.3 Å². The number of halogens is 3. The molecule has 3 aromatic rings. The fraction of sp³-hybridized carbons (Fsp3) is 0.276. The van der Waals surface area contributed by atoms with E-state index in [1.807, 2.05) is 24.3 Å². The summed E-state index contributed by atoms with van der Waals surface area (Å²) < 4.78 is 39.6. The number of hydrogen-bond acceptors (Lipinski definition) is 3. The summed E-state index contributed by atoms with van der Waals surface area (Å²) in [6.07, 6.45) is 1.31. The molecular weight excluding hydrogens is 521 g/mol. The Bertz CT molecular complexity index is 1380. The van der Waals surface area contributed by atoms with Gasteiger partial charge in [0.1, 0.15) is 0 Å². The number of hydrogen-bond donors (Lipinski definition) is 3. The standard InChI is InChI=1S/C29H29F3N6O2/c30-29(31,32)23-7-4-8-24(17-23)35-28(40)38(25-15-13-21(14-16-25)20-5-2-1-3-6-20)18-19-9-11-22(12-10-19)26(39)36-27(33)37-34/h4,7-17,20,34H,1-3,5-6,18H2,(H,35,40)(H2,33,36,39). The summed E-state index contributed by atoms with van der Waals surface area (Å²) >= 11 is 0.